The first kappa shape index (κ1) is 111. The van der Waals surface area contributed by atoms with Crippen molar-refractivity contribution in [3.05, 3.63) is 0 Å². The Kier molecular flexibility index (Phi) is 77.3. The summed E-state index contributed by atoms with van der Waals surface area (Å²) in [7, 11) is 0. The van der Waals surface area contributed by atoms with E-state index in [2.05, 4.69) is 66.8 Å². The van der Waals surface area contributed by atoms with E-state index >= 15 is 0 Å². The zero-order valence-corrected chi connectivity index (χ0v) is 78.5. The summed E-state index contributed by atoms with van der Waals surface area (Å²) in [5.74, 6) is -3.59. The fourth-order valence-corrected chi connectivity index (χ4v) is 20.3. The van der Waals surface area contributed by atoms with Gasteiger partial charge in [0.05, 0.1) is 42.0 Å². The summed E-state index contributed by atoms with van der Waals surface area (Å²) in [4.78, 5) is 88.5. The van der Waals surface area contributed by atoms with Crippen LogP contribution < -0.4 is 0 Å². The number of unbranched alkanes of at least 4 members (excludes halogenated alkanes) is 54. The van der Waals surface area contributed by atoms with Crippen molar-refractivity contribution in [2.75, 3.05) is 13.2 Å². The standard InChI is InChI=1S/C95H180O10S6/c1-7-13-19-25-31-37-43-49-55-61-67-81(73-87(98)106)94(82(74-88(99)107)68-62-56-50-44-38-32-26-20-14-8-2,104-85(77-91(102)110)71-65-59-53-47-41-35-29-23-17-11-5)93(79-96,80-97)95(83(75-89(100)108)69-63-57-51-45-39-33-27-21-15-9-3,84(76-90(101)109)70-64-58-52-46-40-34-28-22-16-10-4)105-86(78-92(103)111)72-66-60-54-48-42-36-30-24-18-12-6/h81-86,96-97H,7-80H2,1-6H3,(H,98,106)(H,99,107)(H,100,108)(H,101,109)(H,102,110)(H,103,111). The van der Waals surface area contributed by atoms with Crippen LogP contribution in [0.25, 0.3) is 0 Å². The fraction of sp³-hybridized carbons (Fsp3) is 0.937. The quantitative estimate of drug-likeness (QED) is 0.0217. The van der Waals surface area contributed by atoms with Crippen molar-refractivity contribution in [2.45, 2.75) is 527 Å². The van der Waals surface area contributed by atoms with Gasteiger partial charge in [-0.2, -0.15) is 0 Å². The third-order valence-electron chi connectivity index (χ3n) is 25.1. The van der Waals surface area contributed by atoms with E-state index < -0.39 is 96.4 Å². The Hall–Kier alpha value is -0.0400. The van der Waals surface area contributed by atoms with Gasteiger partial charge in [0.15, 0.2) is 30.7 Å². The van der Waals surface area contributed by atoms with Crippen LogP contribution in [0.4, 0.5) is 0 Å². The molecule has 0 aliphatic carbocycles. The van der Waals surface area contributed by atoms with Crippen molar-refractivity contribution < 1.29 is 48.5 Å². The third-order valence-corrected chi connectivity index (χ3v) is 26.2. The van der Waals surface area contributed by atoms with Gasteiger partial charge in [0, 0.05) is 38.5 Å². The van der Waals surface area contributed by atoms with Crippen molar-refractivity contribution in [3.8, 4) is 0 Å². The minimum absolute atomic E-state index is 0.146. The van der Waals surface area contributed by atoms with Gasteiger partial charge < -0.3 is 19.7 Å². The predicted octanol–water partition coefficient (Wildman–Crippen LogP) is 29.6. The Labute approximate surface area is 719 Å². The number of hydrogen-bond donors (Lipinski definition) is 8. The molecular formula is C95H180O10S6. The van der Waals surface area contributed by atoms with Crippen molar-refractivity contribution in [3.63, 3.8) is 0 Å². The maximum Gasteiger partial charge on any atom is 0.188 e. The molecule has 0 bridgehead atoms. The van der Waals surface area contributed by atoms with E-state index in [9.17, 15) is 39.0 Å². The molecular weight excluding hydrogens is 1490 g/mol. The van der Waals surface area contributed by atoms with Gasteiger partial charge in [0.2, 0.25) is 0 Å². The predicted molar refractivity (Wildman–Crippen MR) is 496 cm³/mol. The Morgan fingerprint density at radius 3 is 0.486 bits per heavy atom. The number of ether oxygens (including phenoxy) is 2. The smallest absolute Gasteiger partial charge is 0.188 e. The average Bonchev–Trinajstić information content (AvgIpc) is 0.686. The molecule has 0 heterocycles. The van der Waals surface area contributed by atoms with E-state index in [0.717, 1.165) is 180 Å². The molecule has 0 saturated carbocycles. The first-order valence-electron chi connectivity index (χ1n) is 47.7. The number of aliphatic hydroxyl groups is 2. The van der Waals surface area contributed by atoms with Crippen molar-refractivity contribution in [1.82, 2.24) is 0 Å². The molecule has 0 aliphatic heterocycles. The van der Waals surface area contributed by atoms with Gasteiger partial charge in [0.25, 0.3) is 0 Å². The largest absolute Gasteiger partial charge is 0.395 e. The molecule has 0 spiro atoms. The summed E-state index contributed by atoms with van der Waals surface area (Å²) < 4.78 is 17.0. The molecule has 0 fully saturated rings. The normalized spacial score (nSPS) is 14.8. The van der Waals surface area contributed by atoms with E-state index in [1.165, 1.54) is 167 Å². The molecule has 111 heavy (non-hydrogen) atoms. The van der Waals surface area contributed by atoms with Gasteiger partial charge in [0.1, 0.15) is 0 Å². The Morgan fingerprint density at radius 1 is 0.216 bits per heavy atom. The minimum Gasteiger partial charge on any atom is -0.395 e. The summed E-state index contributed by atoms with van der Waals surface area (Å²) in [5, 5.41) is 25.8. The van der Waals surface area contributed by atoms with Crippen LogP contribution in [0.3, 0.4) is 0 Å². The number of thiol groups is 6. The van der Waals surface area contributed by atoms with Crippen LogP contribution in [-0.4, -0.2) is 77.5 Å². The monoisotopic (exact) mass is 1670 g/mol. The summed E-state index contributed by atoms with van der Waals surface area (Å²) in [6.45, 7) is 11.8. The van der Waals surface area contributed by atoms with E-state index in [0.29, 0.717) is 77.0 Å². The van der Waals surface area contributed by atoms with Crippen LogP contribution in [0.2, 0.25) is 0 Å². The van der Waals surface area contributed by atoms with Gasteiger partial charge in [-0.3, -0.25) is 28.8 Å². The van der Waals surface area contributed by atoms with E-state index in [1.807, 2.05) is 0 Å². The molecule has 0 aromatic rings. The zero-order valence-electron chi connectivity index (χ0n) is 73.1. The second-order valence-electron chi connectivity index (χ2n) is 34.7. The van der Waals surface area contributed by atoms with Gasteiger partial charge in [-0.1, -0.05) is 427 Å². The molecule has 0 aliphatic rings. The Bertz CT molecular complexity index is 1950. The molecule has 6 atom stereocenters. The van der Waals surface area contributed by atoms with Crippen LogP contribution in [0, 0.1) is 29.1 Å². The minimum atomic E-state index is -2.14. The fourth-order valence-electron chi connectivity index (χ4n) is 19.0. The summed E-state index contributed by atoms with van der Waals surface area (Å²) in [6.07, 6.45) is 63.3. The number of rotatable bonds is 90. The SMILES string of the molecule is CCCCCCCCCCCCC(CC(=O)S)OC(C(CCCCCCCCCCCC)CC(=O)S)(C(CCCCCCCCCCCC)CC(=O)S)C(CO)(CO)C(OC(CCCCCCCCCCCC)CC(=O)S)(C(CCCCCCCCCCCC)CC(=O)S)C(CCCCCCCCCCCC)CC(=O)S. The molecule has 0 aromatic heterocycles. The highest BCUT2D eigenvalue weighted by Crippen LogP contribution is 2.64. The number of aliphatic hydroxyl groups excluding tert-OH is 2. The lowest BCUT2D eigenvalue weighted by atomic mass is 9.45. The van der Waals surface area contributed by atoms with Crippen molar-refractivity contribution in [2.24, 2.45) is 29.1 Å². The number of hydrogen-bond acceptors (Lipinski definition) is 10. The topological polar surface area (TPSA) is 161 Å². The van der Waals surface area contributed by atoms with Gasteiger partial charge >= 0.3 is 0 Å². The highest BCUT2D eigenvalue weighted by atomic mass is 32.1. The lowest BCUT2D eigenvalue weighted by Gasteiger charge is -2.67. The van der Waals surface area contributed by atoms with Crippen LogP contribution >= 0.6 is 75.8 Å². The van der Waals surface area contributed by atoms with Gasteiger partial charge in [-0.15, -0.1) is 75.8 Å². The van der Waals surface area contributed by atoms with E-state index in [1.54, 1.807) is 0 Å². The molecule has 0 rings (SSSR count). The third kappa shape index (κ3) is 54.1. The lowest BCUT2D eigenvalue weighted by Crippen LogP contribution is -2.77. The second kappa shape index (κ2) is 77.3. The maximum absolute atomic E-state index is 15.0. The average molecular weight is 1670 g/mol. The zero-order chi connectivity index (χ0) is 82.2. The van der Waals surface area contributed by atoms with E-state index in [4.69, 9.17) is 60.0 Å². The van der Waals surface area contributed by atoms with Crippen molar-refractivity contribution >= 4 is 106 Å². The summed E-state index contributed by atoms with van der Waals surface area (Å²) in [5.41, 5.74) is -6.09. The molecule has 0 radical (unpaired) electrons. The van der Waals surface area contributed by atoms with Gasteiger partial charge in [-0.05, 0) is 62.2 Å². The Morgan fingerprint density at radius 2 is 0.351 bits per heavy atom. The number of carbonyl (C=O) groups excluding carboxylic acids is 6. The van der Waals surface area contributed by atoms with Crippen LogP contribution in [0.15, 0.2) is 0 Å². The molecule has 0 aromatic carbocycles. The first-order valence-corrected chi connectivity index (χ1v) is 50.4. The molecule has 16 heteroatoms. The highest BCUT2D eigenvalue weighted by molar-refractivity contribution is 7.97. The molecule has 0 amide bonds. The summed E-state index contributed by atoms with van der Waals surface area (Å²) >= 11 is 28.3. The number of carbonyl (C=O) groups is 6. The van der Waals surface area contributed by atoms with Crippen LogP contribution in [-0.2, 0) is 38.2 Å². The van der Waals surface area contributed by atoms with Gasteiger partial charge in [-0.25, -0.2) is 0 Å². The lowest BCUT2D eigenvalue weighted by molar-refractivity contribution is -0.344. The molecule has 6 unspecified atom stereocenters. The van der Waals surface area contributed by atoms with Crippen LogP contribution in [0.5, 0.6) is 0 Å². The van der Waals surface area contributed by atoms with Crippen molar-refractivity contribution in [1.29, 1.82) is 0 Å². The molecule has 10 nitrogen and oxygen atoms in total. The molecule has 2 N–H and O–H groups in total. The maximum atomic E-state index is 15.0. The highest BCUT2D eigenvalue weighted by Gasteiger charge is 2.73. The van der Waals surface area contributed by atoms with Crippen LogP contribution in [0.1, 0.15) is 504 Å². The summed E-state index contributed by atoms with van der Waals surface area (Å²) in [6, 6.07) is 0. The first-order chi connectivity index (χ1) is 53.8. The van der Waals surface area contributed by atoms with E-state index in [-0.39, 0.29) is 38.5 Å². The Balaban J connectivity index is 10.2. The molecule has 0 saturated heterocycles. The molecule has 656 valence electrons. The second-order valence-corrected chi connectivity index (χ2v) is 37.7.